The van der Waals surface area contributed by atoms with Gasteiger partial charge in [0.1, 0.15) is 11.5 Å². The molecule has 0 spiro atoms. The van der Waals surface area contributed by atoms with Gasteiger partial charge in [0.15, 0.2) is 11.5 Å². The first-order valence-corrected chi connectivity index (χ1v) is 20.4. The Morgan fingerprint density at radius 1 is 0.885 bits per heavy atom. The SMILES string of the molecule is CCCCCCCCC(CCCCCC)COc1ccc(NS(=O)Oc2cc(C)ccc2C)cc1C(=O)NC(C)c1nnc2cc(C(C)(C)C)[nH]n12. The van der Waals surface area contributed by atoms with Crippen LogP contribution in [0.4, 0.5) is 5.69 Å². The zero-order valence-electron chi connectivity index (χ0n) is 32.8. The number of nitrogens with one attached hydrogen (secondary N) is 3. The topological polar surface area (TPSA) is 123 Å². The fourth-order valence-electron chi connectivity index (χ4n) is 6.29. The molecule has 0 radical (unpaired) electrons. The summed E-state index contributed by atoms with van der Waals surface area (Å²) in [5.74, 6) is 1.68. The van der Waals surface area contributed by atoms with E-state index in [1.807, 2.05) is 49.6 Å². The number of aryl methyl sites for hydroxylation is 2. The first kappa shape index (κ1) is 40.9. The van der Waals surface area contributed by atoms with E-state index < -0.39 is 17.3 Å². The second-order valence-corrected chi connectivity index (χ2v) is 16.2. The fraction of sp³-hybridized carbons (Fsp3) is 0.585. The summed E-state index contributed by atoms with van der Waals surface area (Å²) in [7, 11) is 0. The number of unbranched alkanes of at least 4 members (excludes halogenated alkanes) is 8. The molecule has 0 saturated heterocycles. The summed E-state index contributed by atoms with van der Waals surface area (Å²) in [5.41, 5.74) is 4.31. The molecule has 3 N–H and O–H groups in total. The molecule has 4 rings (SSSR count). The summed E-state index contributed by atoms with van der Waals surface area (Å²) in [6.45, 7) is 17.2. The second-order valence-electron chi connectivity index (χ2n) is 15.3. The van der Waals surface area contributed by atoms with E-state index in [1.165, 1.54) is 64.2 Å². The molecule has 0 saturated carbocycles. The summed E-state index contributed by atoms with van der Waals surface area (Å²) in [6, 6.07) is 12.5. The molecular formula is C41H62N6O4S. The normalized spacial score (nSPS) is 13.5. The molecule has 0 bridgehead atoms. The number of carbonyl (C=O) groups is 1. The number of aromatic nitrogens is 4. The van der Waals surface area contributed by atoms with Gasteiger partial charge in [0.25, 0.3) is 5.91 Å². The second kappa shape index (κ2) is 19.8. The van der Waals surface area contributed by atoms with Crippen LogP contribution in [0.15, 0.2) is 42.5 Å². The van der Waals surface area contributed by atoms with Crippen molar-refractivity contribution in [1.82, 2.24) is 25.1 Å². The van der Waals surface area contributed by atoms with Gasteiger partial charge in [-0.2, -0.15) is 4.21 Å². The highest BCUT2D eigenvalue weighted by atomic mass is 32.2. The quantitative estimate of drug-likeness (QED) is 0.0691. The molecule has 0 fully saturated rings. The largest absolute Gasteiger partial charge is 0.492 e. The lowest BCUT2D eigenvalue weighted by atomic mass is 9.93. The van der Waals surface area contributed by atoms with Crippen LogP contribution >= 0.6 is 0 Å². The molecule has 0 aliphatic carbocycles. The molecule has 2 heterocycles. The minimum absolute atomic E-state index is 0.102. The van der Waals surface area contributed by atoms with Crippen LogP contribution in [0.5, 0.6) is 11.5 Å². The minimum Gasteiger partial charge on any atom is -0.492 e. The van der Waals surface area contributed by atoms with E-state index in [1.54, 1.807) is 18.2 Å². The Bertz CT molecular complexity index is 1740. The van der Waals surface area contributed by atoms with E-state index >= 15 is 0 Å². The van der Waals surface area contributed by atoms with Gasteiger partial charge in [0.05, 0.1) is 23.9 Å². The van der Waals surface area contributed by atoms with E-state index in [0.717, 1.165) is 29.7 Å². The molecule has 0 aliphatic rings. The molecule has 4 aromatic rings. The number of fused-ring (bicyclic) bond motifs is 1. The van der Waals surface area contributed by atoms with Crippen molar-refractivity contribution in [2.75, 3.05) is 11.3 Å². The summed E-state index contributed by atoms with van der Waals surface area (Å²) >= 11 is -1.90. The molecular weight excluding hydrogens is 673 g/mol. The van der Waals surface area contributed by atoms with Crippen molar-refractivity contribution in [3.05, 3.63) is 70.7 Å². The first-order chi connectivity index (χ1) is 24.9. The first-order valence-electron chi connectivity index (χ1n) is 19.4. The molecule has 1 amide bonds. The summed E-state index contributed by atoms with van der Waals surface area (Å²) < 4.78 is 30.1. The molecule has 2 aromatic heterocycles. The number of hydrogen-bond donors (Lipinski definition) is 3. The van der Waals surface area contributed by atoms with Crippen LogP contribution in [0, 0.1) is 19.8 Å². The Labute approximate surface area is 314 Å². The van der Waals surface area contributed by atoms with Crippen LogP contribution in [0.2, 0.25) is 0 Å². The minimum atomic E-state index is -1.90. The van der Waals surface area contributed by atoms with E-state index in [4.69, 9.17) is 8.92 Å². The average Bonchev–Trinajstić information content (AvgIpc) is 3.71. The molecule has 0 aliphatic heterocycles. The van der Waals surface area contributed by atoms with E-state index in [0.29, 0.717) is 46.7 Å². The highest BCUT2D eigenvalue weighted by Gasteiger charge is 2.24. The smallest absolute Gasteiger partial charge is 0.316 e. The summed E-state index contributed by atoms with van der Waals surface area (Å²) in [6.07, 6.45) is 14.6. The number of benzene rings is 2. The van der Waals surface area contributed by atoms with Crippen LogP contribution in [-0.4, -0.2) is 36.5 Å². The third-order valence-corrected chi connectivity index (χ3v) is 10.3. The van der Waals surface area contributed by atoms with Gasteiger partial charge in [0, 0.05) is 17.2 Å². The molecule has 10 nitrogen and oxygen atoms in total. The van der Waals surface area contributed by atoms with Crippen LogP contribution in [0.25, 0.3) is 5.65 Å². The van der Waals surface area contributed by atoms with E-state index in [2.05, 4.69) is 60.0 Å². The number of amides is 1. The van der Waals surface area contributed by atoms with Gasteiger partial charge in [-0.3, -0.25) is 14.6 Å². The predicted molar refractivity (Wildman–Crippen MR) is 212 cm³/mol. The van der Waals surface area contributed by atoms with Crippen LogP contribution in [0.3, 0.4) is 0 Å². The van der Waals surface area contributed by atoms with E-state index in [-0.39, 0.29) is 11.3 Å². The Balaban J connectivity index is 1.54. The van der Waals surface area contributed by atoms with Crippen LogP contribution in [0.1, 0.15) is 158 Å². The highest BCUT2D eigenvalue weighted by Crippen LogP contribution is 2.29. The predicted octanol–water partition coefficient (Wildman–Crippen LogP) is 10.2. The van der Waals surface area contributed by atoms with Gasteiger partial charge in [0.2, 0.25) is 0 Å². The number of aromatic amines is 1. The van der Waals surface area contributed by atoms with Crippen molar-refractivity contribution in [2.45, 2.75) is 144 Å². The number of anilines is 1. The number of nitrogens with zero attached hydrogens (tertiary/aromatic N) is 3. The number of carbonyl (C=O) groups excluding carboxylic acids is 1. The lowest BCUT2D eigenvalue weighted by Crippen LogP contribution is -2.29. The maximum atomic E-state index is 14.1. The zero-order valence-corrected chi connectivity index (χ0v) is 33.6. The Hall–Kier alpha value is -3.86. The third kappa shape index (κ3) is 12.1. The molecule has 3 unspecified atom stereocenters. The summed E-state index contributed by atoms with van der Waals surface area (Å²) in [4.78, 5) is 14.1. The number of ether oxygens (including phenoxy) is 1. The van der Waals surface area contributed by atoms with Gasteiger partial charge < -0.3 is 14.2 Å². The van der Waals surface area contributed by atoms with Crippen molar-refractivity contribution in [3.63, 3.8) is 0 Å². The van der Waals surface area contributed by atoms with Crippen molar-refractivity contribution in [2.24, 2.45) is 5.92 Å². The molecule has 11 heteroatoms. The van der Waals surface area contributed by atoms with Crippen molar-refractivity contribution < 1.29 is 17.9 Å². The number of hydrogen-bond acceptors (Lipinski definition) is 6. The van der Waals surface area contributed by atoms with Gasteiger partial charge in [-0.25, -0.2) is 4.52 Å². The van der Waals surface area contributed by atoms with Gasteiger partial charge in [-0.05, 0) is 74.9 Å². The van der Waals surface area contributed by atoms with Gasteiger partial charge >= 0.3 is 11.3 Å². The van der Waals surface area contributed by atoms with Gasteiger partial charge in [-0.15, -0.1) is 10.2 Å². The maximum absolute atomic E-state index is 14.1. The van der Waals surface area contributed by atoms with Crippen molar-refractivity contribution in [1.29, 1.82) is 0 Å². The Morgan fingerprint density at radius 2 is 1.56 bits per heavy atom. The molecule has 2 aromatic carbocycles. The lowest BCUT2D eigenvalue weighted by Gasteiger charge is -2.20. The fourth-order valence-corrected chi connectivity index (χ4v) is 6.99. The highest BCUT2D eigenvalue weighted by molar-refractivity contribution is 7.82. The number of rotatable bonds is 22. The summed E-state index contributed by atoms with van der Waals surface area (Å²) in [5, 5.41) is 15.2. The lowest BCUT2D eigenvalue weighted by molar-refractivity contribution is 0.0932. The average molecular weight is 735 g/mol. The third-order valence-electron chi connectivity index (χ3n) is 9.60. The number of H-pyrrole nitrogens is 1. The zero-order chi connectivity index (χ0) is 37.7. The van der Waals surface area contributed by atoms with Crippen molar-refractivity contribution >= 4 is 28.5 Å². The molecule has 3 atom stereocenters. The Morgan fingerprint density at radius 3 is 2.25 bits per heavy atom. The maximum Gasteiger partial charge on any atom is 0.316 e. The molecule has 52 heavy (non-hydrogen) atoms. The van der Waals surface area contributed by atoms with Crippen LogP contribution < -0.4 is 19.0 Å². The monoisotopic (exact) mass is 734 g/mol. The Kier molecular flexibility index (Phi) is 15.6. The van der Waals surface area contributed by atoms with Crippen molar-refractivity contribution in [3.8, 4) is 11.5 Å². The standard InChI is InChI=1S/C41H62N6O4S/c1-9-11-13-15-16-18-20-32(19-17-14-12-10-2)28-50-35-24-23-33(46-52(49)51-36-25-29(3)21-22-30(36)4)26-34(35)40(48)42-31(5)39-44-43-38-27-37(41(6,7)8)45-47(38)39/h21-27,31-32,45-46H,9-20,28H2,1-8H3,(H,42,48). The van der Waals surface area contributed by atoms with Gasteiger partial charge in [-0.1, -0.05) is 111 Å². The van der Waals surface area contributed by atoms with Crippen LogP contribution in [-0.2, 0) is 16.7 Å². The van der Waals surface area contributed by atoms with E-state index in [9.17, 15) is 9.00 Å². The molecule has 286 valence electrons.